The predicted molar refractivity (Wildman–Crippen MR) is 92.6 cm³/mol. The van der Waals surface area contributed by atoms with Gasteiger partial charge in [-0.2, -0.15) is 30.0 Å². The number of ether oxygens (including phenoxy) is 1. The Morgan fingerprint density at radius 3 is 2.57 bits per heavy atom. The van der Waals surface area contributed by atoms with Crippen LogP contribution in [0.3, 0.4) is 0 Å². The second-order valence-corrected chi connectivity index (χ2v) is 6.59. The highest BCUT2D eigenvalue weighted by atomic mass is 19.4. The van der Waals surface area contributed by atoms with Crippen molar-refractivity contribution >= 4 is 11.6 Å². The maximum atomic E-state index is 13.2. The van der Waals surface area contributed by atoms with Crippen molar-refractivity contribution in [1.29, 1.82) is 5.26 Å². The minimum Gasteiger partial charge on any atom is -0.344 e. The molecule has 0 spiro atoms. The lowest BCUT2D eigenvalue weighted by molar-refractivity contribution is -0.143. The fraction of sp³-hybridized carbons (Fsp3) is 0.500. The van der Waals surface area contributed by atoms with Gasteiger partial charge in [-0.15, -0.1) is 5.01 Å². The van der Waals surface area contributed by atoms with Gasteiger partial charge >= 0.3 is 6.18 Å². The van der Waals surface area contributed by atoms with Crippen LogP contribution in [0.1, 0.15) is 18.1 Å². The van der Waals surface area contributed by atoms with Crippen LogP contribution in [-0.4, -0.2) is 60.9 Å². The summed E-state index contributed by atoms with van der Waals surface area (Å²) >= 11 is 0. The van der Waals surface area contributed by atoms with Gasteiger partial charge in [0.25, 0.3) is 5.91 Å². The van der Waals surface area contributed by atoms with Gasteiger partial charge in [0.2, 0.25) is 0 Å². The molecule has 7 nitrogen and oxygen atoms in total. The molecule has 28 heavy (non-hydrogen) atoms. The van der Waals surface area contributed by atoms with E-state index >= 15 is 0 Å². The van der Waals surface area contributed by atoms with Crippen LogP contribution >= 0.6 is 0 Å². The Morgan fingerprint density at radius 2 is 2.00 bits per heavy atom. The van der Waals surface area contributed by atoms with E-state index in [2.05, 4.69) is 4.95 Å². The number of benzene rings is 1. The molecule has 2 saturated heterocycles. The molecule has 2 fully saturated rings. The molecule has 0 unspecified atom stereocenters. The van der Waals surface area contributed by atoms with Crippen LogP contribution in [0.4, 0.5) is 18.9 Å². The summed E-state index contributed by atoms with van der Waals surface area (Å²) in [4.78, 5) is 19.2. The topological polar surface area (TPSA) is 64.2 Å². The zero-order chi connectivity index (χ0) is 20.5. The average Bonchev–Trinajstić information content (AvgIpc) is 3.08. The van der Waals surface area contributed by atoms with Gasteiger partial charge in [-0.05, 0) is 25.1 Å². The van der Waals surface area contributed by atoms with Crippen LogP contribution in [0.25, 0.3) is 4.95 Å². The average molecular weight is 393 g/mol. The summed E-state index contributed by atoms with van der Waals surface area (Å²) in [6, 6.07) is 5.02. The van der Waals surface area contributed by atoms with E-state index in [-0.39, 0.29) is 18.1 Å². The Bertz CT molecular complexity index is 837. The maximum Gasteiger partial charge on any atom is 0.417 e. The largest absolute Gasteiger partial charge is 0.417 e. The summed E-state index contributed by atoms with van der Waals surface area (Å²) in [5.74, 6) is -0.233. The highest BCUT2D eigenvalue weighted by Crippen LogP contribution is 2.36. The molecule has 148 valence electrons. The summed E-state index contributed by atoms with van der Waals surface area (Å²) in [6.45, 7) is 10.5. The number of rotatable bonds is 2. The van der Waals surface area contributed by atoms with Crippen molar-refractivity contribution < 1.29 is 22.7 Å². The molecule has 0 aliphatic carbocycles. The lowest BCUT2D eigenvalue weighted by atomic mass is 10.1. The molecule has 2 atom stereocenters. The SMILES string of the molecule is [C-]#[N+]N1CCN(C(=O)[C@@H]2CN(c3ccc(C#N)c(C(F)(F)F)c3)[C@@H](C)O2)CC1. The number of carbonyl (C=O) groups excluding carboxylic acids is 1. The molecule has 0 aromatic heterocycles. The van der Waals surface area contributed by atoms with Crippen molar-refractivity contribution in [2.45, 2.75) is 25.4 Å². The summed E-state index contributed by atoms with van der Waals surface area (Å²) in [5, 5.41) is 10.5. The third-order valence-corrected chi connectivity index (χ3v) is 4.91. The maximum absolute atomic E-state index is 13.2. The summed E-state index contributed by atoms with van der Waals surface area (Å²) < 4.78 is 45.4. The Morgan fingerprint density at radius 1 is 1.32 bits per heavy atom. The molecular formula is C18H18F3N5O2. The van der Waals surface area contributed by atoms with Crippen molar-refractivity contribution in [2.24, 2.45) is 0 Å². The second-order valence-electron chi connectivity index (χ2n) is 6.59. The van der Waals surface area contributed by atoms with Crippen LogP contribution in [0, 0.1) is 17.9 Å². The van der Waals surface area contributed by atoms with Gasteiger partial charge in [0, 0.05) is 18.8 Å². The van der Waals surface area contributed by atoms with Crippen LogP contribution in [0.15, 0.2) is 18.2 Å². The quantitative estimate of drug-likeness (QED) is 0.721. The van der Waals surface area contributed by atoms with E-state index < -0.39 is 29.6 Å². The van der Waals surface area contributed by atoms with Gasteiger partial charge in [0.15, 0.2) is 6.10 Å². The van der Waals surface area contributed by atoms with E-state index in [4.69, 9.17) is 16.6 Å². The minimum atomic E-state index is -4.65. The molecule has 2 aliphatic heterocycles. The Labute approximate surface area is 160 Å². The number of piperazine rings is 1. The van der Waals surface area contributed by atoms with Crippen molar-refractivity contribution in [2.75, 3.05) is 37.6 Å². The van der Waals surface area contributed by atoms with Gasteiger partial charge in [0.05, 0.1) is 23.7 Å². The highest BCUT2D eigenvalue weighted by Gasteiger charge is 2.39. The van der Waals surface area contributed by atoms with Crippen molar-refractivity contribution in [3.8, 4) is 6.07 Å². The van der Waals surface area contributed by atoms with E-state index in [9.17, 15) is 18.0 Å². The summed E-state index contributed by atoms with van der Waals surface area (Å²) in [5.41, 5.74) is -1.22. The normalized spacial score (nSPS) is 22.7. The monoisotopic (exact) mass is 393 g/mol. The Balaban J connectivity index is 1.75. The molecule has 2 heterocycles. The van der Waals surface area contributed by atoms with Crippen LogP contribution in [0.5, 0.6) is 0 Å². The van der Waals surface area contributed by atoms with Crippen LogP contribution in [-0.2, 0) is 15.7 Å². The second kappa shape index (κ2) is 7.56. The molecule has 0 N–H and O–H groups in total. The molecule has 10 heteroatoms. The molecule has 0 bridgehead atoms. The number of hydrogen-bond acceptors (Lipinski definition) is 5. The van der Waals surface area contributed by atoms with E-state index in [0.717, 1.165) is 12.1 Å². The summed E-state index contributed by atoms with van der Waals surface area (Å²) in [6.07, 6.45) is -6.03. The highest BCUT2D eigenvalue weighted by molar-refractivity contribution is 5.82. The minimum absolute atomic E-state index is 0.117. The molecule has 1 aromatic rings. The number of hydrogen-bond donors (Lipinski definition) is 0. The van der Waals surface area contributed by atoms with E-state index in [0.29, 0.717) is 26.2 Å². The van der Waals surface area contributed by atoms with Gasteiger partial charge in [-0.1, -0.05) is 0 Å². The zero-order valence-electron chi connectivity index (χ0n) is 15.1. The van der Waals surface area contributed by atoms with Crippen LogP contribution < -0.4 is 4.90 Å². The molecule has 0 saturated carbocycles. The van der Waals surface area contributed by atoms with E-state index in [1.54, 1.807) is 27.8 Å². The number of amides is 1. The lowest BCUT2D eigenvalue weighted by Gasteiger charge is -2.30. The first-order valence-electron chi connectivity index (χ1n) is 8.69. The van der Waals surface area contributed by atoms with Gasteiger partial charge in [-0.3, -0.25) is 4.79 Å². The first kappa shape index (κ1) is 19.8. The van der Waals surface area contributed by atoms with Crippen molar-refractivity contribution in [3.63, 3.8) is 0 Å². The summed E-state index contributed by atoms with van der Waals surface area (Å²) in [7, 11) is 0. The number of alkyl halides is 3. The Hall–Kier alpha value is -2.98. The molecule has 3 rings (SSSR count). The number of nitrogens with zero attached hydrogens (tertiary/aromatic N) is 5. The Kier molecular flexibility index (Phi) is 5.34. The molecule has 1 amide bonds. The number of carbonyl (C=O) groups is 1. The van der Waals surface area contributed by atoms with Crippen molar-refractivity contribution in [1.82, 2.24) is 9.91 Å². The third-order valence-electron chi connectivity index (χ3n) is 4.91. The van der Waals surface area contributed by atoms with E-state index in [1.807, 2.05) is 0 Å². The van der Waals surface area contributed by atoms with Crippen LogP contribution in [0.2, 0.25) is 0 Å². The fourth-order valence-corrected chi connectivity index (χ4v) is 3.40. The number of nitriles is 1. The van der Waals surface area contributed by atoms with Crippen molar-refractivity contribution in [3.05, 3.63) is 40.9 Å². The molecule has 0 radical (unpaired) electrons. The molecule has 2 aliphatic rings. The standard InChI is InChI=1S/C18H18F3N5O2/c1-12-26(14-4-3-13(10-22)15(9-14)18(19,20)21)11-16(28-12)17(27)24-5-7-25(23-2)8-6-24/h3-4,9,12,16H,5-8,11H2,1H3/t12-,16+/m1/s1. The molecule has 1 aromatic carbocycles. The predicted octanol–water partition coefficient (Wildman–Crippen LogP) is 2.11. The smallest absolute Gasteiger partial charge is 0.344 e. The first-order valence-corrected chi connectivity index (χ1v) is 8.69. The van der Waals surface area contributed by atoms with E-state index in [1.165, 1.54) is 6.07 Å². The lowest BCUT2D eigenvalue weighted by Crippen LogP contribution is -2.50. The van der Waals surface area contributed by atoms with Gasteiger partial charge in [-0.25, -0.2) is 0 Å². The van der Waals surface area contributed by atoms with Gasteiger partial charge < -0.3 is 14.5 Å². The fourth-order valence-electron chi connectivity index (χ4n) is 3.40. The number of anilines is 1. The van der Waals surface area contributed by atoms with Gasteiger partial charge in [0.1, 0.15) is 19.3 Å². The number of halogens is 3. The third kappa shape index (κ3) is 3.82. The zero-order valence-corrected chi connectivity index (χ0v) is 15.1. The first-order chi connectivity index (χ1) is 13.2. The molecular weight excluding hydrogens is 375 g/mol.